The number of nitrogens with one attached hydrogen (secondary N) is 2. The molecule has 2 aliphatic rings. The smallest absolute Gasteiger partial charge is 0.191 e. The van der Waals surface area contributed by atoms with Gasteiger partial charge in [0.1, 0.15) is 5.75 Å². The van der Waals surface area contributed by atoms with Gasteiger partial charge in [-0.15, -0.1) is 24.0 Å². The molecule has 0 aromatic heterocycles. The molecular weight excluding hydrogens is 501 g/mol. The number of benzene rings is 2. The zero-order valence-electron chi connectivity index (χ0n) is 18.5. The fourth-order valence-electron chi connectivity index (χ4n) is 4.34. The summed E-state index contributed by atoms with van der Waals surface area (Å²) in [5, 5.41) is 7.05. The predicted molar refractivity (Wildman–Crippen MR) is 136 cm³/mol. The van der Waals surface area contributed by atoms with Crippen molar-refractivity contribution in [2.45, 2.75) is 45.3 Å². The average molecular weight is 535 g/mol. The lowest BCUT2D eigenvalue weighted by molar-refractivity contribution is -0.0250. The lowest BCUT2D eigenvalue weighted by atomic mass is 9.89. The van der Waals surface area contributed by atoms with Crippen molar-refractivity contribution in [3.63, 3.8) is 0 Å². The van der Waals surface area contributed by atoms with Crippen LogP contribution in [0, 0.1) is 12.8 Å². The Kier molecular flexibility index (Phi) is 9.02. The number of aliphatic imine (C=N–C) groups is 1. The Morgan fingerprint density at radius 3 is 2.68 bits per heavy atom. The van der Waals surface area contributed by atoms with E-state index in [0.29, 0.717) is 5.92 Å². The third-order valence-corrected chi connectivity index (χ3v) is 5.95. The second-order valence-corrected chi connectivity index (χ2v) is 8.20. The number of fused-ring (bicyclic) bond motifs is 1. The Balaban J connectivity index is 0.00000272. The van der Waals surface area contributed by atoms with E-state index in [1.807, 2.05) is 12.1 Å². The van der Waals surface area contributed by atoms with Crippen molar-refractivity contribution in [3.05, 3.63) is 65.2 Å². The Hall–Kier alpha value is -1.80. The topological polar surface area (TPSA) is 54.9 Å². The molecule has 1 fully saturated rings. The molecule has 2 heterocycles. The van der Waals surface area contributed by atoms with Crippen LogP contribution in [0.5, 0.6) is 5.75 Å². The van der Waals surface area contributed by atoms with Gasteiger partial charge in [0.05, 0.1) is 18.8 Å². The molecule has 2 aliphatic heterocycles. The molecule has 4 rings (SSSR count). The van der Waals surface area contributed by atoms with Crippen LogP contribution in [-0.2, 0) is 4.74 Å². The molecule has 31 heavy (non-hydrogen) atoms. The van der Waals surface area contributed by atoms with Gasteiger partial charge in [0, 0.05) is 37.6 Å². The minimum Gasteiger partial charge on any atom is -0.493 e. The van der Waals surface area contributed by atoms with Gasteiger partial charge in [0.25, 0.3) is 0 Å². The van der Waals surface area contributed by atoms with Crippen molar-refractivity contribution in [3.8, 4) is 5.75 Å². The van der Waals surface area contributed by atoms with E-state index in [0.717, 1.165) is 57.3 Å². The van der Waals surface area contributed by atoms with Crippen molar-refractivity contribution < 1.29 is 9.47 Å². The van der Waals surface area contributed by atoms with Gasteiger partial charge < -0.3 is 20.1 Å². The number of rotatable bonds is 5. The minimum atomic E-state index is 0. The van der Waals surface area contributed by atoms with Crippen LogP contribution in [0.1, 0.15) is 55.0 Å². The molecule has 3 atom stereocenters. The third kappa shape index (κ3) is 6.13. The molecular formula is C25H34IN3O2. The molecule has 168 valence electrons. The first-order valence-electron chi connectivity index (χ1n) is 11.2. The second kappa shape index (κ2) is 11.7. The number of aryl methyl sites for hydroxylation is 1. The highest BCUT2D eigenvalue weighted by molar-refractivity contribution is 14.0. The first-order chi connectivity index (χ1) is 14.7. The van der Waals surface area contributed by atoms with Crippen LogP contribution < -0.4 is 15.4 Å². The highest BCUT2D eigenvalue weighted by atomic mass is 127. The number of nitrogens with zero attached hydrogens (tertiary/aromatic N) is 1. The number of hydrogen-bond donors (Lipinski definition) is 2. The maximum atomic E-state index is 6.18. The summed E-state index contributed by atoms with van der Waals surface area (Å²) in [6.07, 6.45) is 3.29. The van der Waals surface area contributed by atoms with Crippen LogP contribution >= 0.6 is 24.0 Å². The standard InChI is InChI=1S/C25H33N3O2.HI/c1-3-26-25(28-22-14-16-29-23-9-5-4-8-21(22)23)27-17-20-7-6-15-30-24(20)19-12-10-18(2)11-13-19;/h4-5,8-13,20,22,24H,3,6-7,14-17H2,1-2H3,(H2,26,27,28);1H. The van der Waals surface area contributed by atoms with Gasteiger partial charge in [-0.05, 0) is 38.3 Å². The number of hydrogen-bond acceptors (Lipinski definition) is 3. The Morgan fingerprint density at radius 1 is 1.06 bits per heavy atom. The fourth-order valence-corrected chi connectivity index (χ4v) is 4.34. The van der Waals surface area contributed by atoms with Gasteiger partial charge in [0.15, 0.2) is 5.96 Å². The van der Waals surface area contributed by atoms with Gasteiger partial charge in [0.2, 0.25) is 0 Å². The molecule has 0 aliphatic carbocycles. The summed E-state index contributed by atoms with van der Waals surface area (Å²) in [6, 6.07) is 17.2. The molecule has 0 amide bonds. The van der Waals surface area contributed by atoms with E-state index in [4.69, 9.17) is 14.5 Å². The summed E-state index contributed by atoms with van der Waals surface area (Å²) in [7, 11) is 0. The molecule has 0 saturated carbocycles. The molecule has 2 N–H and O–H groups in total. The maximum Gasteiger partial charge on any atom is 0.191 e. The Morgan fingerprint density at radius 2 is 1.87 bits per heavy atom. The molecule has 0 bridgehead atoms. The molecule has 2 aromatic carbocycles. The first-order valence-corrected chi connectivity index (χ1v) is 11.2. The first kappa shape index (κ1) is 23.9. The zero-order chi connectivity index (χ0) is 20.8. The fraction of sp³-hybridized carbons (Fsp3) is 0.480. The van der Waals surface area contributed by atoms with E-state index in [1.165, 1.54) is 16.7 Å². The lowest BCUT2D eigenvalue weighted by Crippen LogP contribution is -2.41. The molecule has 0 spiro atoms. The highest BCUT2D eigenvalue weighted by Crippen LogP contribution is 2.34. The van der Waals surface area contributed by atoms with Gasteiger partial charge in [-0.1, -0.05) is 48.0 Å². The van der Waals surface area contributed by atoms with Crippen molar-refractivity contribution in [1.29, 1.82) is 0 Å². The minimum absolute atomic E-state index is 0. The summed E-state index contributed by atoms with van der Waals surface area (Å²) in [4.78, 5) is 4.97. The molecule has 2 aromatic rings. The largest absolute Gasteiger partial charge is 0.493 e. The molecule has 6 heteroatoms. The van der Waals surface area contributed by atoms with Crippen molar-refractivity contribution in [1.82, 2.24) is 10.6 Å². The SMILES string of the molecule is CCNC(=NCC1CCCOC1c1ccc(C)cc1)NC1CCOc2ccccc21.I. The van der Waals surface area contributed by atoms with E-state index in [1.54, 1.807) is 0 Å². The predicted octanol–water partition coefficient (Wildman–Crippen LogP) is 5.16. The van der Waals surface area contributed by atoms with Gasteiger partial charge >= 0.3 is 0 Å². The Bertz CT molecular complexity index is 856. The second-order valence-electron chi connectivity index (χ2n) is 8.20. The molecule has 0 radical (unpaired) electrons. The monoisotopic (exact) mass is 535 g/mol. The number of ether oxygens (including phenoxy) is 2. The summed E-state index contributed by atoms with van der Waals surface area (Å²) in [6.45, 7) is 7.36. The number of halogens is 1. The van der Waals surface area contributed by atoms with Crippen LogP contribution in [0.2, 0.25) is 0 Å². The van der Waals surface area contributed by atoms with Crippen LogP contribution in [0.4, 0.5) is 0 Å². The van der Waals surface area contributed by atoms with E-state index in [-0.39, 0.29) is 36.1 Å². The van der Waals surface area contributed by atoms with E-state index in [2.05, 4.69) is 60.9 Å². The average Bonchev–Trinajstić information content (AvgIpc) is 2.79. The molecule has 5 nitrogen and oxygen atoms in total. The van der Waals surface area contributed by atoms with Crippen molar-refractivity contribution >= 4 is 29.9 Å². The quantitative estimate of drug-likeness (QED) is 0.316. The lowest BCUT2D eigenvalue weighted by Gasteiger charge is -2.32. The van der Waals surface area contributed by atoms with Crippen LogP contribution in [0.15, 0.2) is 53.5 Å². The van der Waals surface area contributed by atoms with E-state index < -0.39 is 0 Å². The third-order valence-electron chi connectivity index (χ3n) is 5.95. The van der Waals surface area contributed by atoms with Gasteiger partial charge in [-0.2, -0.15) is 0 Å². The van der Waals surface area contributed by atoms with Gasteiger partial charge in [-0.3, -0.25) is 4.99 Å². The van der Waals surface area contributed by atoms with E-state index >= 15 is 0 Å². The van der Waals surface area contributed by atoms with Crippen LogP contribution in [-0.4, -0.2) is 32.3 Å². The van der Waals surface area contributed by atoms with E-state index in [9.17, 15) is 0 Å². The maximum absolute atomic E-state index is 6.18. The summed E-state index contributed by atoms with van der Waals surface area (Å²) in [5.41, 5.74) is 3.74. The zero-order valence-corrected chi connectivity index (χ0v) is 20.8. The van der Waals surface area contributed by atoms with Crippen molar-refractivity contribution in [2.24, 2.45) is 10.9 Å². The highest BCUT2D eigenvalue weighted by Gasteiger charge is 2.28. The normalized spacial score (nSPS) is 23.2. The Labute approximate surface area is 203 Å². The van der Waals surface area contributed by atoms with Crippen LogP contribution in [0.3, 0.4) is 0 Å². The van der Waals surface area contributed by atoms with Gasteiger partial charge in [-0.25, -0.2) is 0 Å². The van der Waals surface area contributed by atoms with Crippen molar-refractivity contribution in [2.75, 3.05) is 26.3 Å². The number of guanidine groups is 1. The number of para-hydroxylation sites is 1. The molecule has 3 unspecified atom stereocenters. The van der Waals surface area contributed by atoms with Crippen LogP contribution in [0.25, 0.3) is 0 Å². The summed E-state index contributed by atoms with van der Waals surface area (Å²) in [5.74, 6) is 2.23. The molecule has 1 saturated heterocycles. The summed E-state index contributed by atoms with van der Waals surface area (Å²) < 4.78 is 12.0. The summed E-state index contributed by atoms with van der Waals surface area (Å²) >= 11 is 0.